The molecular formula is C21H26N2O5. The van der Waals surface area contributed by atoms with Crippen molar-refractivity contribution in [3.63, 3.8) is 0 Å². The van der Waals surface area contributed by atoms with E-state index in [2.05, 4.69) is 19.2 Å². The van der Waals surface area contributed by atoms with Crippen molar-refractivity contribution in [1.82, 2.24) is 5.32 Å². The highest BCUT2D eigenvalue weighted by molar-refractivity contribution is 5.94. The number of carbonyl (C=O) groups excluding carboxylic acids is 2. The third kappa shape index (κ3) is 7.57. The van der Waals surface area contributed by atoms with E-state index in [4.69, 9.17) is 4.74 Å². The molecule has 150 valence electrons. The van der Waals surface area contributed by atoms with Crippen LogP contribution < -0.4 is 10.1 Å². The lowest BCUT2D eigenvalue weighted by Gasteiger charge is -2.10. The van der Waals surface area contributed by atoms with E-state index in [-0.39, 0.29) is 23.6 Å². The first kappa shape index (κ1) is 22.8. The van der Waals surface area contributed by atoms with Crippen LogP contribution in [0.15, 0.2) is 48.5 Å². The number of ether oxygens (including phenoxy) is 1. The Morgan fingerprint density at radius 3 is 2.04 bits per heavy atom. The molecule has 28 heavy (non-hydrogen) atoms. The molecule has 2 aromatic rings. The fourth-order valence-electron chi connectivity index (χ4n) is 2.29. The van der Waals surface area contributed by atoms with Gasteiger partial charge in [-0.3, -0.25) is 19.7 Å². The SMILES string of the molecule is CC(=O)Oc1ccccc1C(C)C.CC(C)NC(=O)c1ccc([N+](=O)[O-])cc1. The van der Waals surface area contributed by atoms with Crippen LogP contribution in [-0.2, 0) is 4.79 Å². The van der Waals surface area contributed by atoms with Gasteiger partial charge < -0.3 is 10.1 Å². The van der Waals surface area contributed by atoms with Crippen molar-refractivity contribution in [2.75, 3.05) is 0 Å². The largest absolute Gasteiger partial charge is 0.426 e. The van der Waals surface area contributed by atoms with Crippen LogP contribution in [0.3, 0.4) is 0 Å². The Bertz CT molecular complexity index is 814. The van der Waals surface area contributed by atoms with E-state index in [0.29, 0.717) is 17.2 Å². The molecule has 0 atom stereocenters. The summed E-state index contributed by atoms with van der Waals surface area (Å²) < 4.78 is 5.07. The summed E-state index contributed by atoms with van der Waals surface area (Å²) in [5.41, 5.74) is 1.48. The summed E-state index contributed by atoms with van der Waals surface area (Å²) in [5.74, 6) is 0.550. The van der Waals surface area contributed by atoms with Crippen molar-refractivity contribution >= 4 is 17.6 Å². The molecule has 0 unspecified atom stereocenters. The van der Waals surface area contributed by atoms with Crippen molar-refractivity contribution in [2.24, 2.45) is 0 Å². The second-order valence-electron chi connectivity index (χ2n) is 6.72. The Kier molecular flexibility index (Phi) is 8.81. The van der Waals surface area contributed by atoms with Crippen molar-refractivity contribution in [3.8, 4) is 5.75 Å². The quantitative estimate of drug-likeness (QED) is 0.354. The van der Waals surface area contributed by atoms with E-state index < -0.39 is 4.92 Å². The van der Waals surface area contributed by atoms with Crippen LogP contribution in [0.25, 0.3) is 0 Å². The molecule has 0 radical (unpaired) electrons. The molecular weight excluding hydrogens is 360 g/mol. The number of hydrogen-bond acceptors (Lipinski definition) is 5. The first-order chi connectivity index (χ1) is 13.1. The molecule has 0 heterocycles. The number of para-hydroxylation sites is 1. The van der Waals surface area contributed by atoms with Gasteiger partial charge in [0.1, 0.15) is 5.75 Å². The van der Waals surface area contributed by atoms with Crippen molar-refractivity contribution in [3.05, 3.63) is 69.8 Å². The molecule has 0 bridgehead atoms. The molecule has 0 spiro atoms. The van der Waals surface area contributed by atoms with Gasteiger partial charge in [-0.1, -0.05) is 32.0 Å². The molecule has 1 N–H and O–H groups in total. The number of non-ortho nitro benzene ring substituents is 1. The van der Waals surface area contributed by atoms with E-state index >= 15 is 0 Å². The summed E-state index contributed by atoms with van der Waals surface area (Å²) in [6.45, 7) is 9.26. The fourth-order valence-corrected chi connectivity index (χ4v) is 2.29. The molecule has 7 nitrogen and oxygen atoms in total. The molecule has 0 fully saturated rings. The lowest BCUT2D eigenvalue weighted by Crippen LogP contribution is -2.29. The molecule has 0 aliphatic rings. The van der Waals surface area contributed by atoms with Gasteiger partial charge in [0, 0.05) is 30.7 Å². The van der Waals surface area contributed by atoms with E-state index in [9.17, 15) is 19.7 Å². The number of benzene rings is 2. The molecule has 2 aromatic carbocycles. The zero-order valence-electron chi connectivity index (χ0n) is 16.8. The topological polar surface area (TPSA) is 98.5 Å². The third-order valence-electron chi connectivity index (χ3n) is 3.55. The number of carbonyl (C=O) groups is 2. The van der Waals surface area contributed by atoms with Gasteiger partial charge in [-0.05, 0) is 43.5 Å². The Labute approximate surface area is 164 Å². The van der Waals surface area contributed by atoms with E-state index in [1.165, 1.54) is 31.2 Å². The smallest absolute Gasteiger partial charge is 0.308 e. The highest BCUT2D eigenvalue weighted by Gasteiger charge is 2.10. The first-order valence-electron chi connectivity index (χ1n) is 8.94. The number of nitro benzene ring substituents is 1. The Hall–Kier alpha value is -3.22. The predicted octanol–water partition coefficient (Wildman–Crippen LogP) is 4.47. The number of nitrogens with one attached hydrogen (secondary N) is 1. The highest BCUT2D eigenvalue weighted by atomic mass is 16.6. The summed E-state index contributed by atoms with van der Waals surface area (Å²) in [5, 5.41) is 13.1. The second kappa shape index (κ2) is 10.8. The summed E-state index contributed by atoms with van der Waals surface area (Å²) in [4.78, 5) is 32.1. The Balaban J connectivity index is 0.000000283. The van der Waals surface area contributed by atoms with Gasteiger partial charge in [-0.2, -0.15) is 0 Å². The van der Waals surface area contributed by atoms with Gasteiger partial charge in [0.05, 0.1) is 4.92 Å². The van der Waals surface area contributed by atoms with Crippen LogP contribution in [0.1, 0.15) is 56.5 Å². The molecule has 0 saturated heterocycles. The molecule has 0 aliphatic heterocycles. The van der Waals surface area contributed by atoms with Gasteiger partial charge >= 0.3 is 5.97 Å². The minimum absolute atomic E-state index is 0.0175. The maximum Gasteiger partial charge on any atom is 0.308 e. The standard InChI is InChI=1S/C11H14O2.C10H12N2O3/c1-8(2)10-6-4-5-7-11(10)13-9(3)12;1-7(2)11-10(13)8-3-5-9(6-4-8)12(14)15/h4-8H,1-3H3;3-7H,1-2H3,(H,11,13). The highest BCUT2D eigenvalue weighted by Crippen LogP contribution is 2.25. The summed E-state index contributed by atoms with van der Waals surface area (Å²) in [6.07, 6.45) is 0. The molecule has 1 amide bonds. The first-order valence-corrected chi connectivity index (χ1v) is 8.94. The van der Waals surface area contributed by atoms with Gasteiger partial charge in [0.25, 0.3) is 11.6 Å². The number of hydrogen-bond donors (Lipinski definition) is 1. The lowest BCUT2D eigenvalue weighted by molar-refractivity contribution is -0.384. The lowest BCUT2D eigenvalue weighted by atomic mass is 10.0. The van der Waals surface area contributed by atoms with Crippen LogP contribution in [0.5, 0.6) is 5.75 Å². The number of nitro groups is 1. The van der Waals surface area contributed by atoms with Crippen LogP contribution in [0.2, 0.25) is 0 Å². The van der Waals surface area contributed by atoms with Gasteiger partial charge in [0.2, 0.25) is 0 Å². The summed E-state index contributed by atoms with van der Waals surface area (Å²) in [6, 6.07) is 13.2. The van der Waals surface area contributed by atoms with Gasteiger partial charge in [-0.15, -0.1) is 0 Å². The predicted molar refractivity (Wildman–Crippen MR) is 108 cm³/mol. The van der Waals surface area contributed by atoms with Crippen LogP contribution in [-0.4, -0.2) is 22.8 Å². The number of nitrogens with zero attached hydrogens (tertiary/aromatic N) is 1. The van der Waals surface area contributed by atoms with Gasteiger partial charge in [0.15, 0.2) is 0 Å². The number of esters is 1. The number of rotatable bonds is 5. The minimum atomic E-state index is -0.496. The van der Waals surface area contributed by atoms with Crippen LogP contribution in [0.4, 0.5) is 5.69 Å². The molecule has 0 aromatic heterocycles. The third-order valence-corrected chi connectivity index (χ3v) is 3.55. The zero-order valence-corrected chi connectivity index (χ0v) is 16.8. The maximum atomic E-state index is 11.5. The van der Waals surface area contributed by atoms with Crippen molar-refractivity contribution in [2.45, 2.75) is 46.6 Å². The summed E-state index contributed by atoms with van der Waals surface area (Å²) >= 11 is 0. The second-order valence-corrected chi connectivity index (χ2v) is 6.72. The van der Waals surface area contributed by atoms with Gasteiger partial charge in [-0.25, -0.2) is 0 Å². The van der Waals surface area contributed by atoms with Crippen molar-refractivity contribution in [1.29, 1.82) is 0 Å². The average Bonchev–Trinajstić information content (AvgIpc) is 2.61. The van der Waals surface area contributed by atoms with E-state index in [0.717, 1.165) is 5.56 Å². The number of amides is 1. The van der Waals surface area contributed by atoms with E-state index in [1.54, 1.807) is 0 Å². The van der Waals surface area contributed by atoms with Crippen LogP contribution in [0, 0.1) is 10.1 Å². The van der Waals surface area contributed by atoms with Crippen LogP contribution >= 0.6 is 0 Å². The Morgan fingerprint density at radius 2 is 1.57 bits per heavy atom. The zero-order chi connectivity index (χ0) is 21.3. The maximum absolute atomic E-state index is 11.5. The average molecular weight is 386 g/mol. The van der Waals surface area contributed by atoms with E-state index in [1.807, 2.05) is 38.1 Å². The molecule has 2 rings (SSSR count). The molecule has 0 saturated carbocycles. The minimum Gasteiger partial charge on any atom is -0.426 e. The fraction of sp³-hybridized carbons (Fsp3) is 0.333. The summed E-state index contributed by atoms with van der Waals surface area (Å²) in [7, 11) is 0. The van der Waals surface area contributed by atoms with Crippen molar-refractivity contribution < 1.29 is 19.2 Å². The molecule has 0 aliphatic carbocycles. The molecule has 7 heteroatoms. The Morgan fingerprint density at radius 1 is 1.00 bits per heavy atom. The monoisotopic (exact) mass is 386 g/mol. The normalized spacial score (nSPS) is 10.1.